The zero-order valence-corrected chi connectivity index (χ0v) is 7.58. The van der Waals surface area contributed by atoms with Crippen LogP contribution in [0.5, 0.6) is 0 Å². The summed E-state index contributed by atoms with van der Waals surface area (Å²) in [6, 6.07) is 9.03. The molecule has 0 N–H and O–H groups in total. The van der Waals surface area contributed by atoms with E-state index in [0.717, 1.165) is 6.29 Å². The lowest BCUT2D eigenvalue weighted by atomic mass is 10.3. The van der Waals surface area contributed by atoms with Gasteiger partial charge in [0.1, 0.15) is 6.29 Å². The average Bonchev–Trinajstić information content (AvgIpc) is 2.33. The number of rotatable bonds is 1. The van der Waals surface area contributed by atoms with E-state index in [0.29, 0.717) is 5.56 Å². The lowest BCUT2D eigenvalue weighted by molar-refractivity contribution is 0.112. The van der Waals surface area contributed by atoms with Gasteiger partial charge in [-0.2, -0.15) is 0 Å². The molecule has 3 heteroatoms. The van der Waals surface area contributed by atoms with Gasteiger partial charge in [0, 0.05) is 30.4 Å². The standard InChI is InChI=1S/C6H5NO.C5H5N/c8-5-6-1-3-7-4-2-6;1-2-4-6-5-3-1/h1-5H;1-5H. The minimum absolute atomic E-state index is 0.667. The Bertz CT molecular complexity index is 321. The Hall–Kier alpha value is -2.03. The largest absolute Gasteiger partial charge is 0.298 e. The molecule has 0 saturated heterocycles. The zero-order chi connectivity index (χ0) is 10.1. The van der Waals surface area contributed by atoms with Gasteiger partial charge < -0.3 is 0 Å². The molecule has 14 heavy (non-hydrogen) atoms. The van der Waals surface area contributed by atoms with Crippen molar-refractivity contribution in [1.29, 1.82) is 0 Å². The quantitative estimate of drug-likeness (QED) is 0.639. The Morgan fingerprint density at radius 3 is 1.71 bits per heavy atom. The Morgan fingerprint density at radius 1 is 0.857 bits per heavy atom. The molecule has 2 aromatic heterocycles. The summed E-state index contributed by atoms with van der Waals surface area (Å²) < 4.78 is 0. The molecule has 0 atom stereocenters. The van der Waals surface area contributed by atoms with E-state index in [1.165, 1.54) is 0 Å². The molecule has 0 bridgehead atoms. The molecule has 0 aromatic carbocycles. The van der Waals surface area contributed by atoms with E-state index in [4.69, 9.17) is 0 Å². The van der Waals surface area contributed by atoms with Crippen LogP contribution >= 0.6 is 0 Å². The first-order chi connectivity index (χ1) is 6.93. The van der Waals surface area contributed by atoms with Crippen LogP contribution in [-0.2, 0) is 0 Å². The number of hydrogen-bond acceptors (Lipinski definition) is 3. The summed E-state index contributed by atoms with van der Waals surface area (Å²) in [6.07, 6.45) is 7.47. The maximum absolute atomic E-state index is 9.98. The van der Waals surface area contributed by atoms with Crippen molar-refractivity contribution in [3.8, 4) is 0 Å². The fourth-order valence-corrected chi connectivity index (χ4v) is 0.755. The summed E-state index contributed by atoms with van der Waals surface area (Å²) in [6.45, 7) is 0. The van der Waals surface area contributed by atoms with Gasteiger partial charge in [-0.15, -0.1) is 0 Å². The maximum atomic E-state index is 9.98. The number of carbonyl (C=O) groups is 1. The molecule has 0 radical (unpaired) electrons. The molecule has 0 amide bonds. The summed E-state index contributed by atoms with van der Waals surface area (Å²) in [5, 5.41) is 0. The van der Waals surface area contributed by atoms with Crippen LogP contribution in [0.1, 0.15) is 10.4 Å². The van der Waals surface area contributed by atoms with Gasteiger partial charge in [-0.25, -0.2) is 0 Å². The number of hydrogen-bond donors (Lipinski definition) is 0. The summed E-state index contributed by atoms with van der Waals surface area (Å²) in [5.74, 6) is 0. The molecule has 0 aliphatic carbocycles. The predicted octanol–water partition coefficient (Wildman–Crippen LogP) is 1.98. The molecule has 2 rings (SSSR count). The van der Waals surface area contributed by atoms with Gasteiger partial charge in [-0.05, 0) is 24.3 Å². The van der Waals surface area contributed by atoms with E-state index in [1.807, 2.05) is 18.2 Å². The number of nitrogens with zero attached hydrogens (tertiary/aromatic N) is 2. The third-order valence-electron chi connectivity index (χ3n) is 1.41. The number of pyridine rings is 2. The summed E-state index contributed by atoms with van der Waals surface area (Å²) in [7, 11) is 0. The van der Waals surface area contributed by atoms with Crippen molar-refractivity contribution >= 4 is 6.29 Å². The van der Waals surface area contributed by atoms with Crippen molar-refractivity contribution in [2.45, 2.75) is 0 Å². The minimum Gasteiger partial charge on any atom is -0.298 e. The van der Waals surface area contributed by atoms with Gasteiger partial charge in [0.15, 0.2) is 0 Å². The lowest BCUT2D eigenvalue weighted by Gasteiger charge is -1.81. The van der Waals surface area contributed by atoms with Crippen molar-refractivity contribution in [3.05, 3.63) is 60.7 Å². The Morgan fingerprint density at radius 2 is 1.43 bits per heavy atom. The minimum atomic E-state index is 0.667. The highest BCUT2D eigenvalue weighted by Crippen LogP contribution is 1.88. The second-order valence-corrected chi connectivity index (χ2v) is 2.42. The Balaban J connectivity index is 0.000000146. The third-order valence-corrected chi connectivity index (χ3v) is 1.41. The highest BCUT2D eigenvalue weighted by molar-refractivity contribution is 5.73. The Labute approximate surface area is 82.5 Å². The van der Waals surface area contributed by atoms with Gasteiger partial charge in [-0.1, -0.05) is 6.07 Å². The monoisotopic (exact) mass is 186 g/mol. The molecule has 0 saturated carbocycles. The normalized spacial score (nSPS) is 8.29. The van der Waals surface area contributed by atoms with Gasteiger partial charge in [-0.3, -0.25) is 14.8 Å². The van der Waals surface area contributed by atoms with Gasteiger partial charge in [0.05, 0.1) is 0 Å². The Kier molecular flexibility index (Phi) is 4.65. The van der Waals surface area contributed by atoms with E-state index in [1.54, 1.807) is 36.9 Å². The number of aldehydes is 1. The van der Waals surface area contributed by atoms with Gasteiger partial charge >= 0.3 is 0 Å². The molecule has 0 spiro atoms. The summed E-state index contributed by atoms with van der Waals surface area (Å²) >= 11 is 0. The average molecular weight is 186 g/mol. The fourth-order valence-electron chi connectivity index (χ4n) is 0.755. The third kappa shape index (κ3) is 4.11. The van der Waals surface area contributed by atoms with Crippen molar-refractivity contribution in [1.82, 2.24) is 9.97 Å². The first-order valence-electron chi connectivity index (χ1n) is 4.13. The number of carbonyl (C=O) groups excluding carboxylic acids is 1. The molecule has 3 nitrogen and oxygen atoms in total. The van der Waals surface area contributed by atoms with Crippen LogP contribution in [0.3, 0.4) is 0 Å². The zero-order valence-electron chi connectivity index (χ0n) is 7.58. The summed E-state index contributed by atoms with van der Waals surface area (Å²) in [5.41, 5.74) is 0.667. The van der Waals surface area contributed by atoms with Crippen LogP contribution in [0.4, 0.5) is 0 Å². The molecule has 0 aliphatic rings. The predicted molar refractivity (Wildman–Crippen MR) is 53.9 cm³/mol. The van der Waals surface area contributed by atoms with E-state index >= 15 is 0 Å². The van der Waals surface area contributed by atoms with Crippen LogP contribution in [0.15, 0.2) is 55.1 Å². The van der Waals surface area contributed by atoms with Crippen LogP contribution < -0.4 is 0 Å². The SMILES string of the molecule is O=Cc1ccncc1.c1ccncc1. The first kappa shape index (κ1) is 10.1. The molecule has 70 valence electrons. The lowest BCUT2D eigenvalue weighted by Crippen LogP contribution is -1.76. The highest BCUT2D eigenvalue weighted by Gasteiger charge is 1.80. The molecule has 0 unspecified atom stereocenters. The van der Waals surface area contributed by atoms with Gasteiger partial charge in [0.2, 0.25) is 0 Å². The van der Waals surface area contributed by atoms with E-state index < -0.39 is 0 Å². The smallest absolute Gasteiger partial charge is 0.150 e. The van der Waals surface area contributed by atoms with Crippen molar-refractivity contribution in [3.63, 3.8) is 0 Å². The van der Waals surface area contributed by atoms with E-state index in [2.05, 4.69) is 9.97 Å². The van der Waals surface area contributed by atoms with Gasteiger partial charge in [0.25, 0.3) is 0 Å². The van der Waals surface area contributed by atoms with E-state index in [9.17, 15) is 4.79 Å². The molecular formula is C11H10N2O. The van der Waals surface area contributed by atoms with Crippen LogP contribution in [0.2, 0.25) is 0 Å². The molecule has 0 fully saturated rings. The van der Waals surface area contributed by atoms with Crippen LogP contribution in [-0.4, -0.2) is 16.3 Å². The van der Waals surface area contributed by atoms with Crippen LogP contribution in [0.25, 0.3) is 0 Å². The second kappa shape index (κ2) is 6.48. The van der Waals surface area contributed by atoms with Crippen molar-refractivity contribution in [2.75, 3.05) is 0 Å². The topological polar surface area (TPSA) is 42.9 Å². The van der Waals surface area contributed by atoms with Crippen LogP contribution in [0, 0.1) is 0 Å². The summed E-state index contributed by atoms with van der Waals surface area (Å²) in [4.78, 5) is 17.5. The highest BCUT2D eigenvalue weighted by atomic mass is 16.1. The van der Waals surface area contributed by atoms with E-state index in [-0.39, 0.29) is 0 Å². The molecule has 2 aromatic rings. The first-order valence-corrected chi connectivity index (χ1v) is 4.13. The second-order valence-electron chi connectivity index (χ2n) is 2.42. The maximum Gasteiger partial charge on any atom is 0.150 e. The fraction of sp³-hybridized carbons (Fsp3) is 0. The molecule has 2 heterocycles. The van der Waals surface area contributed by atoms with Crippen molar-refractivity contribution in [2.24, 2.45) is 0 Å². The number of aromatic nitrogens is 2. The van der Waals surface area contributed by atoms with Crippen molar-refractivity contribution < 1.29 is 4.79 Å². The molecular weight excluding hydrogens is 176 g/mol. The molecule has 0 aliphatic heterocycles.